The molecule has 0 aliphatic carbocycles. The summed E-state index contributed by atoms with van der Waals surface area (Å²) in [7, 11) is 0. The van der Waals surface area contributed by atoms with Crippen LogP contribution in [-0.2, 0) is 4.74 Å². The van der Waals surface area contributed by atoms with Crippen LogP contribution < -0.4 is 11.5 Å². The molecule has 3 heterocycles. The predicted molar refractivity (Wildman–Crippen MR) is 77.0 cm³/mol. The van der Waals surface area contributed by atoms with E-state index in [0.717, 1.165) is 31.6 Å². The average Bonchev–Trinajstić information content (AvgIpc) is 2.87. The van der Waals surface area contributed by atoms with E-state index in [2.05, 4.69) is 10.1 Å². The number of anilines is 2. The van der Waals surface area contributed by atoms with Gasteiger partial charge < -0.3 is 16.2 Å². The van der Waals surface area contributed by atoms with E-state index in [-0.39, 0.29) is 6.04 Å². The van der Waals surface area contributed by atoms with Gasteiger partial charge in [-0.1, -0.05) is 0 Å². The smallest absolute Gasteiger partial charge is 0.123 e. The highest BCUT2D eigenvalue weighted by atomic mass is 16.5. The van der Waals surface area contributed by atoms with E-state index in [1.165, 1.54) is 0 Å². The minimum absolute atomic E-state index is 0.126. The number of nitrogen functional groups attached to an aromatic ring is 2. The lowest BCUT2D eigenvalue weighted by Gasteiger charge is -2.31. The van der Waals surface area contributed by atoms with Gasteiger partial charge in [-0.3, -0.25) is 4.68 Å². The molecule has 2 aromatic rings. The van der Waals surface area contributed by atoms with Crippen LogP contribution >= 0.6 is 0 Å². The molecule has 0 radical (unpaired) electrons. The summed E-state index contributed by atoms with van der Waals surface area (Å²) < 4.78 is 7.39. The lowest BCUT2D eigenvalue weighted by atomic mass is 9.87. The maximum atomic E-state index is 5.82. The van der Waals surface area contributed by atoms with Gasteiger partial charge in [0.05, 0.1) is 17.9 Å². The molecule has 0 amide bonds. The van der Waals surface area contributed by atoms with Gasteiger partial charge in [0.15, 0.2) is 0 Å². The van der Waals surface area contributed by atoms with Crippen LogP contribution in [-0.4, -0.2) is 28.0 Å². The van der Waals surface area contributed by atoms with Crippen molar-refractivity contribution in [3.8, 4) is 0 Å². The number of pyridine rings is 1. The molecular formula is C14H19N5O. The maximum absolute atomic E-state index is 5.82. The highest BCUT2D eigenvalue weighted by Gasteiger charge is 2.27. The Kier molecular flexibility index (Phi) is 3.56. The molecule has 6 nitrogen and oxygen atoms in total. The molecule has 6 heteroatoms. The number of nitrogens with zero attached hydrogens (tertiary/aromatic N) is 3. The molecule has 1 saturated heterocycles. The Labute approximate surface area is 117 Å². The summed E-state index contributed by atoms with van der Waals surface area (Å²) in [5.41, 5.74) is 13.4. The van der Waals surface area contributed by atoms with Crippen LogP contribution in [0.15, 0.2) is 30.7 Å². The molecule has 1 unspecified atom stereocenters. The van der Waals surface area contributed by atoms with E-state index in [1.54, 1.807) is 12.4 Å². The number of hydrogen-bond donors (Lipinski definition) is 2. The Morgan fingerprint density at radius 1 is 1.30 bits per heavy atom. The lowest BCUT2D eigenvalue weighted by molar-refractivity contribution is 0.0527. The van der Waals surface area contributed by atoms with E-state index >= 15 is 0 Å². The molecule has 0 aromatic carbocycles. The molecular weight excluding hydrogens is 254 g/mol. The molecule has 2 aromatic heterocycles. The first-order valence-electron chi connectivity index (χ1n) is 6.83. The van der Waals surface area contributed by atoms with Crippen molar-refractivity contribution in [2.24, 2.45) is 5.92 Å². The Hall–Kier alpha value is -2.08. The van der Waals surface area contributed by atoms with Crippen LogP contribution in [0.1, 0.15) is 24.4 Å². The van der Waals surface area contributed by atoms with Gasteiger partial charge in [0.1, 0.15) is 5.82 Å². The van der Waals surface area contributed by atoms with Crippen LogP contribution in [0.5, 0.6) is 0 Å². The molecule has 1 aliphatic rings. The normalized spacial score (nSPS) is 18.0. The van der Waals surface area contributed by atoms with Crippen molar-refractivity contribution in [3.05, 3.63) is 36.3 Å². The van der Waals surface area contributed by atoms with Crippen molar-refractivity contribution in [3.63, 3.8) is 0 Å². The van der Waals surface area contributed by atoms with Crippen molar-refractivity contribution < 1.29 is 4.74 Å². The van der Waals surface area contributed by atoms with E-state index in [4.69, 9.17) is 16.2 Å². The van der Waals surface area contributed by atoms with Crippen LogP contribution in [0, 0.1) is 5.92 Å². The monoisotopic (exact) mass is 273 g/mol. The summed E-state index contributed by atoms with van der Waals surface area (Å²) in [6, 6.07) is 4.04. The van der Waals surface area contributed by atoms with Crippen molar-refractivity contribution in [2.45, 2.75) is 18.9 Å². The van der Waals surface area contributed by atoms with Crippen molar-refractivity contribution in [2.75, 3.05) is 24.7 Å². The van der Waals surface area contributed by atoms with Crippen LogP contribution in [0.3, 0.4) is 0 Å². The second-order valence-corrected chi connectivity index (χ2v) is 5.16. The molecule has 20 heavy (non-hydrogen) atoms. The predicted octanol–water partition coefficient (Wildman–Crippen LogP) is 1.46. The summed E-state index contributed by atoms with van der Waals surface area (Å²) >= 11 is 0. The SMILES string of the molecule is Nc1cnn(C(c2ccnc(N)c2)C2CCOCC2)c1. The fourth-order valence-corrected chi connectivity index (χ4v) is 2.83. The van der Waals surface area contributed by atoms with E-state index in [9.17, 15) is 0 Å². The van der Waals surface area contributed by atoms with Crippen LogP contribution in [0.2, 0.25) is 0 Å². The molecule has 0 spiro atoms. The number of ether oxygens (including phenoxy) is 1. The number of rotatable bonds is 3. The first kappa shape index (κ1) is 12.9. The van der Waals surface area contributed by atoms with Gasteiger partial charge >= 0.3 is 0 Å². The number of nitrogens with two attached hydrogens (primary N) is 2. The van der Waals surface area contributed by atoms with Gasteiger partial charge in [-0.05, 0) is 36.5 Å². The van der Waals surface area contributed by atoms with Gasteiger partial charge in [-0.2, -0.15) is 5.10 Å². The molecule has 0 saturated carbocycles. The first-order valence-corrected chi connectivity index (χ1v) is 6.83. The first-order chi connectivity index (χ1) is 9.74. The van der Waals surface area contributed by atoms with Crippen molar-refractivity contribution in [1.29, 1.82) is 0 Å². The molecule has 1 atom stereocenters. The zero-order chi connectivity index (χ0) is 13.9. The third-order valence-corrected chi connectivity index (χ3v) is 3.77. The van der Waals surface area contributed by atoms with Crippen molar-refractivity contribution >= 4 is 11.5 Å². The Balaban J connectivity index is 1.98. The summed E-state index contributed by atoms with van der Waals surface area (Å²) in [4.78, 5) is 4.06. The molecule has 4 N–H and O–H groups in total. The minimum Gasteiger partial charge on any atom is -0.396 e. The van der Waals surface area contributed by atoms with Gasteiger partial charge in [-0.25, -0.2) is 4.98 Å². The topological polar surface area (TPSA) is 92.0 Å². The number of aromatic nitrogens is 3. The molecule has 3 rings (SSSR count). The van der Waals surface area contributed by atoms with Crippen LogP contribution in [0.4, 0.5) is 11.5 Å². The third kappa shape index (κ3) is 2.60. The largest absolute Gasteiger partial charge is 0.396 e. The fourth-order valence-electron chi connectivity index (χ4n) is 2.83. The highest BCUT2D eigenvalue weighted by molar-refractivity contribution is 5.36. The molecule has 106 valence electrons. The van der Waals surface area contributed by atoms with Gasteiger partial charge in [0.25, 0.3) is 0 Å². The second kappa shape index (κ2) is 5.50. The van der Waals surface area contributed by atoms with Crippen molar-refractivity contribution in [1.82, 2.24) is 14.8 Å². The van der Waals surface area contributed by atoms with Gasteiger partial charge in [0.2, 0.25) is 0 Å². The quantitative estimate of drug-likeness (QED) is 0.883. The van der Waals surface area contributed by atoms with E-state index in [0.29, 0.717) is 17.4 Å². The Bertz CT molecular complexity index is 576. The summed E-state index contributed by atoms with van der Waals surface area (Å²) in [5, 5.41) is 4.39. The third-order valence-electron chi connectivity index (χ3n) is 3.77. The van der Waals surface area contributed by atoms with Gasteiger partial charge in [0, 0.05) is 25.6 Å². The second-order valence-electron chi connectivity index (χ2n) is 5.16. The van der Waals surface area contributed by atoms with Crippen LogP contribution in [0.25, 0.3) is 0 Å². The zero-order valence-corrected chi connectivity index (χ0v) is 11.3. The zero-order valence-electron chi connectivity index (χ0n) is 11.3. The fraction of sp³-hybridized carbons (Fsp3) is 0.429. The van der Waals surface area contributed by atoms with E-state index in [1.807, 2.05) is 23.0 Å². The average molecular weight is 273 g/mol. The molecule has 1 aliphatic heterocycles. The molecule has 0 bridgehead atoms. The van der Waals surface area contributed by atoms with E-state index < -0.39 is 0 Å². The lowest BCUT2D eigenvalue weighted by Crippen LogP contribution is -2.27. The highest BCUT2D eigenvalue weighted by Crippen LogP contribution is 2.33. The standard InChI is InChI=1S/C14H19N5O/c15-12-8-18-19(9-12)14(10-2-5-20-6-3-10)11-1-4-17-13(16)7-11/h1,4,7-10,14H,2-3,5-6,15H2,(H2,16,17). The maximum Gasteiger partial charge on any atom is 0.123 e. The molecule has 1 fully saturated rings. The van der Waals surface area contributed by atoms with Gasteiger partial charge in [-0.15, -0.1) is 0 Å². The Morgan fingerprint density at radius 2 is 2.10 bits per heavy atom. The summed E-state index contributed by atoms with van der Waals surface area (Å²) in [6.07, 6.45) is 7.30. The summed E-state index contributed by atoms with van der Waals surface area (Å²) in [5.74, 6) is 0.990. The number of hydrogen-bond acceptors (Lipinski definition) is 5. The minimum atomic E-state index is 0.126. The Morgan fingerprint density at radius 3 is 2.75 bits per heavy atom. The summed E-state index contributed by atoms with van der Waals surface area (Å²) in [6.45, 7) is 1.58.